The molecule has 0 fully saturated rings. The molecular weight excluding hydrogens is 332 g/mol. The van der Waals surface area contributed by atoms with Gasteiger partial charge in [-0.15, -0.1) is 11.3 Å². The Morgan fingerprint density at radius 1 is 1.43 bits per heavy atom. The van der Waals surface area contributed by atoms with Crippen molar-refractivity contribution in [3.63, 3.8) is 0 Å². The maximum absolute atomic E-state index is 6.10. The number of rotatable bonds is 6. The number of furan rings is 1. The Morgan fingerprint density at radius 3 is 2.96 bits per heavy atom. The first-order valence-electron chi connectivity index (χ1n) is 7.50. The van der Waals surface area contributed by atoms with Crippen molar-refractivity contribution in [3.8, 4) is 0 Å². The Morgan fingerprint density at radius 2 is 2.26 bits per heavy atom. The first-order valence-corrected chi connectivity index (χ1v) is 8.69. The smallest absolute Gasteiger partial charge is 0.224 e. The van der Waals surface area contributed by atoms with E-state index in [4.69, 9.17) is 21.8 Å². The normalized spacial score (nSPS) is 12.7. The van der Waals surface area contributed by atoms with Gasteiger partial charge in [-0.05, 0) is 55.1 Å². The number of hydrogen-bond acceptors (Lipinski definition) is 6. The minimum atomic E-state index is 0.249. The Hall–Kier alpha value is -1.63. The average molecular weight is 351 g/mol. The number of aryl methyl sites for hydroxylation is 1. The van der Waals surface area contributed by atoms with Gasteiger partial charge in [-0.3, -0.25) is 0 Å². The number of fused-ring (bicyclic) bond motifs is 1. The Balaban J connectivity index is 1.95. The third-order valence-corrected chi connectivity index (χ3v) is 5.26. The molecule has 0 bridgehead atoms. The van der Waals surface area contributed by atoms with E-state index in [0.29, 0.717) is 19.0 Å². The van der Waals surface area contributed by atoms with Crippen LogP contribution in [0.5, 0.6) is 0 Å². The van der Waals surface area contributed by atoms with Gasteiger partial charge in [-0.25, -0.2) is 4.98 Å². The van der Waals surface area contributed by atoms with Gasteiger partial charge < -0.3 is 15.5 Å². The van der Waals surface area contributed by atoms with E-state index in [1.54, 1.807) is 17.6 Å². The molecule has 3 aromatic heterocycles. The van der Waals surface area contributed by atoms with E-state index >= 15 is 0 Å². The summed E-state index contributed by atoms with van der Waals surface area (Å²) in [5.41, 5.74) is 7.83. The van der Waals surface area contributed by atoms with Crippen LogP contribution in [-0.2, 0) is 13.0 Å². The van der Waals surface area contributed by atoms with Crippen LogP contribution >= 0.6 is 22.9 Å². The molecule has 7 heteroatoms. The second-order valence-corrected chi connectivity index (χ2v) is 7.09. The van der Waals surface area contributed by atoms with E-state index in [-0.39, 0.29) is 5.28 Å². The predicted octanol–water partition coefficient (Wildman–Crippen LogP) is 4.00. The van der Waals surface area contributed by atoms with Crippen LogP contribution in [0.4, 0.5) is 5.82 Å². The Kier molecular flexibility index (Phi) is 4.84. The van der Waals surface area contributed by atoms with Gasteiger partial charge in [0.2, 0.25) is 5.28 Å². The third kappa shape index (κ3) is 3.49. The summed E-state index contributed by atoms with van der Waals surface area (Å²) in [6.07, 6.45) is 2.60. The van der Waals surface area contributed by atoms with Gasteiger partial charge in [0.15, 0.2) is 0 Å². The minimum absolute atomic E-state index is 0.249. The van der Waals surface area contributed by atoms with Gasteiger partial charge in [0.05, 0.1) is 23.0 Å². The van der Waals surface area contributed by atoms with Crippen molar-refractivity contribution in [1.29, 1.82) is 0 Å². The topological polar surface area (TPSA) is 77.0 Å². The van der Waals surface area contributed by atoms with E-state index in [2.05, 4.69) is 29.1 Å². The lowest BCUT2D eigenvalue weighted by Crippen LogP contribution is -2.12. The number of thiophene rings is 1. The number of nitrogens with two attached hydrogens (primary N) is 1. The summed E-state index contributed by atoms with van der Waals surface area (Å²) >= 11 is 7.81. The molecule has 3 aromatic rings. The van der Waals surface area contributed by atoms with E-state index in [1.807, 2.05) is 12.1 Å². The summed E-state index contributed by atoms with van der Waals surface area (Å²) in [6.45, 7) is 5.46. The van der Waals surface area contributed by atoms with Gasteiger partial charge in [-0.2, -0.15) is 4.98 Å². The van der Waals surface area contributed by atoms with Crippen molar-refractivity contribution in [1.82, 2.24) is 9.97 Å². The molecule has 0 aliphatic heterocycles. The highest BCUT2D eigenvalue weighted by atomic mass is 35.5. The van der Waals surface area contributed by atoms with Crippen LogP contribution in [0.15, 0.2) is 22.8 Å². The average Bonchev–Trinajstić information content (AvgIpc) is 3.15. The van der Waals surface area contributed by atoms with Gasteiger partial charge in [0.25, 0.3) is 0 Å². The molecule has 1 atom stereocenters. The molecule has 23 heavy (non-hydrogen) atoms. The molecule has 3 heterocycles. The van der Waals surface area contributed by atoms with Crippen LogP contribution in [0.25, 0.3) is 10.2 Å². The fraction of sp³-hybridized carbons (Fsp3) is 0.375. The van der Waals surface area contributed by atoms with Crippen molar-refractivity contribution in [3.05, 3.63) is 39.9 Å². The predicted molar refractivity (Wildman–Crippen MR) is 95.1 cm³/mol. The largest absolute Gasteiger partial charge is 0.467 e. The fourth-order valence-corrected chi connectivity index (χ4v) is 3.95. The number of nitrogens with one attached hydrogen (secondary N) is 1. The molecule has 0 aromatic carbocycles. The van der Waals surface area contributed by atoms with Crippen LogP contribution in [0.3, 0.4) is 0 Å². The quantitative estimate of drug-likeness (QED) is 0.657. The molecular formula is C16H19ClN4OS. The molecule has 0 aliphatic rings. The minimum Gasteiger partial charge on any atom is -0.467 e. The second kappa shape index (κ2) is 6.86. The van der Waals surface area contributed by atoms with Crippen molar-refractivity contribution in [2.24, 2.45) is 11.7 Å². The number of aromatic nitrogens is 2. The number of halogens is 1. The van der Waals surface area contributed by atoms with Crippen molar-refractivity contribution >= 4 is 39.0 Å². The summed E-state index contributed by atoms with van der Waals surface area (Å²) in [5, 5.41) is 3.54. The summed E-state index contributed by atoms with van der Waals surface area (Å²) < 4.78 is 6.37. The van der Waals surface area contributed by atoms with Crippen LogP contribution < -0.4 is 11.1 Å². The van der Waals surface area contributed by atoms with Crippen LogP contribution in [0.1, 0.15) is 23.1 Å². The van der Waals surface area contributed by atoms with Gasteiger partial charge in [-0.1, -0.05) is 6.92 Å². The van der Waals surface area contributed by atoms with E-state index < -0.39 is 0 Å². The first kappa shape index (κ1) is 16.2. The highest BCUT2D eigenvalue weighted by Crippen LogP contribution is 2.36. The van der Waals surface area contributed by atoms with Crippen molar-refractivity contribution < 1.29 is 4.42 Å². The zero-order valence-electron chi connectivity index (χ0n) is 13.1. The van der Waals surface area contributed by atoms with Gasteiger partial charge in [0, 0.05) is 4.88 Å². The molecule has 0 radical (unpaired) electrons. The van der Waals surface area contributed by atoms with E-state index in [9.17, 15) is 0 Å². The molecule has 0 saturated heterocycles. The molecule has 0 saturated carbocycles. The SMILES string of the molecule is Cc1c(C[C@@H](C)CN)sc2c(NCc3ccco3)nc(Cl)nc12. The number of nitrogens with zero attached hydrogens (tertiary/aromatic N) is 2. The monoisotopic (exact) mass is 350 g/mol. The Labute approximate surface area is 143 Å². The lowest BCUT2D eigenvalue weighted by Gasteiger charge is -2.06. The van der Waals surface area contributed by atoms with E-state index in [1.165, 1.54) is 4.88 Å². The zero-order chi connectivity index (χ0) is 16.4. The molecule has 5 nitrogen and oxygen atoms in total. The summed E-state index contributed by atoms with van der Waals surface area (Å²) in [5.74, 6) is 2.03. The highest BCUT2D eigenvalue weighted by Gasteiger charge is 2.17. The molecule has 0 unspecified atom stereocenters. The van der Waals surface area contributed by atoms with Crippen molar-refractivity contribution in [2.45, 2.75) is 26.8 Å². The third-order valence-electron chi connectivity index (χ3n) is 3.78. The molecule has 122 valence electrons. The number of hydrogen-bond donors (Lipinski definition) is 2. The standard InChI is InChI=1S/C16H19ClN4OS/c1-9(7-18)6-12-10(2)13-14(23-12)15(21-16(17)20-13)19-8-11-4-3-5-22-11/h3-5,9H,6-8,18H2,1-2H3,(H,19,20,21)/t9-/m1/s1. The Bertz CT molecular complexity index is 800. The molecule has 3 rings (SSSR count). The fourth-order valence-electron chi connectivity index (χ4n) is 2.40. The lowest BCUT2D eigenvalue weighted by atomic mass is 10.1. The number of anilines is 1. The molecule has 0 spiro atoms. The van der Waals surface area contributed by atoms with E-state index in [0.717, 1.165) is 33.8 Å². The molecule has 0 amide bonds. The first-order chi connectivity index (χ1) is 11.1. The molecule has 0 aliphatic carbocycles. The van der Waals surface area contributed by atoms with Gasteiger partial charge >= 0.3 is 0 Å². The zero-order valence-corrected chi connectivity index (χ0v) is 14.7. The summed E-state index contributed by atoms with van der Waals surface area (Å²) in [6, 6.07) is 3.78. The lowest BCUT2D eigenvalue weighted by molar-refractivity contribution is 0.518. The van der Waals surface area contributed by atoms with Crippen LogP contribution in [-0.4, -0.2) is 16.5 Å². The second-order valence-electron chi connectivity index (χ2n) is 5.65. The summed E-state index contributed by atoms with van der Waals surface area (Å²) in [4.78, 5) is 10.0. The van der Waals surface area contributed by atoms with Crippen LogP contribution in [0.2, 0.25) is 5.28 Å². The summed E-state index contributed by atoms with van der Waals surface area (Å²) in [7, 11) is 0. The van der Waals surface area contributed by atoms with Gasteiger partial charge in [0.1, 0.15) is 11.6 Å². The maximum atomic E-state index is 6.10. The van der Waals surface area contributed by atoms with Crippen molar-refractivity contribution in [2.75, 3.05) is 11.9 Å². The maximum Gasteiger partial charge on any atom is 0.224 e. The van der Waals surface area contributed by atoms with Crippen LogP contribution in [0, 0.1) is 12.8 Å². The molecule has 3 N–H and O–H groups in total. The highest BCUT2D eigenvalue weighted by molar-refractivity contribution is 7.19.